The molecule has 1 saturated heterocycles. The zero-order valence-corrected chi connectivity index (χ0v) is 12.3. The topological polar surface area (TPSA) is 57.7 Å². The first kappa shape index (κ1) is 14.3. The van der Waals surface area contributed by atoms with Crippen molar-refractivity contribution in [2.24, 2.45) is 5.92 Å². The second kappa shape index (κ2) is 6.43. The Hall–Kier alpha value is -1.62. The summed E-state index contributed by atoms with van der Waals surface area (Å²) in [6, 6.07) is 3.50. The minimum atomic E-state index is -0.338. The molecular weight excluding hydrogens is 270 g/mol. The van der Waals surface area contributed by atoms with E-state index >= 15 is 0 Å². The highest BCUT2D eigenvalue weighted by atomic mass is 16.5. The normalized spacial score (nSPS) is 19.3. The van der Waals surface area contributed by atoms with Crippen molar-refractivity contribution in [3.63, 3.8) is 0 Å². The summed E-state index contributed by atoms with van der Waals surface area (Å²) in [6.07, 6.45) is 4.31. The second-order valence-corrected chi connectivity index (χ2v) is 5.75. The van der Waals surface area contributed by atoms with Gasteiger partial charge in [-0.3, -0.25) is 0 Å². The van der Waals surface area contributed by atoms with Gasteiger partial charge in [0.05, 0.1) is 19.3 Å². The first-order valence-corrected chi connectivity index (χ1v) is 7.57. The lowest BCUT2D eigenvalue weighted by atomic mass is 10.0. The Morgan fingerprint density at radius 2 is 2.05 bits per heavy atom. The van der Waals surface area contributed by atoms with Gasteiger partial charge in [-0.25, -0.2) is 9.78 Å². The van der Waals surface area contributed by atoms with Gasteiger partial charge in [-0.2, -0.15) is 0 Å². The molecule has 21 heavy (non-hydrogen) atoms. The third-order valence-electron chi connectivity index (χ3n) is 4.05. The number of aromatic nitrogens is 1. The molecule has 2 aliphatic rings. The van der Waals surface area contributed by atoms with Crippen LogP contribution >= 0.6 is 0 Å². The molecule has 0 N–H and O–H groups in total. The summed E-state index contributed by atoms with van der Waals surface area (Å²) in [7, 11) is 1.39. The van der Waals surface area contributed by atoms with Crippen LogP contribution in [0.3, 0.4) is 0 Å². The molecule has 1 aromatic rings. The van der Waals surface area contributed by atoms with Gasteiger partial charge in [0.1, 0.15) is 0 Å². The molecule has 1 aliphatic heterocycles. The van der Waals surface area contributed by atoms with Gasteiger partial charge in [0.25, 0.3) is 0 Å². The molecule has 0 spiro atoms. The summed E-state index contributed by atoms with van der Waals surface area (Å²) < 4.78 is 16.0. The fourth-order valence-corrected chi connectivity index (χ4v) is 2.54. The van der Waals surface area contributed by atoms with Crippen LogP contribution in [-0.4, -0.2) is 37.9 Å². The lowest BCUT2D eigenvalue weighted by Crippen LogP contribution is -2.21. The van der Waals surface area contributed by atoms with Crippen LogP contribution in [0.2, 0.25) is 0 Å². The Morgan fingerprint density at radius 1 is 1.29 bits per heavy atom. The number of esters is 1. The largest absolute Gasteiger partial charge is 0.477 e. The predicted octanol–water partition coefficient (Wildman–Crippen LogP) is 2.55. The molecule has 0 radical (unpaired) electrons. The van der Waals surface area contributed by atoms with E-state index in [-0.39, 0.29) is 5.97 Å². The maximum atomic E-state index is 11.7. The van der Waals surface area contributed by atoms with Crippen molar-refractivity contribution < 1.29 is 19.0 Å². The standard InChI is InChI=1S/C16H21NO4/c1-19-16(18)13-8-14(12-2-3-12)17-15(9-13)21-10-11-4-6-20-7-5-11/h8-9,11-12H,2-7,10H2,1H3. The van der Waals surface area contributed by atoms with Crippen molar-refractivity contribution in [2.45, 2.75) is 31.6 Å². The minimum absolute atomic E-state index is 0.338. The van der Waals surface area contributed by atoms with Crippen molar-refractivity contribution in [2.75, 3.05) is 26.9 Å². The number of ether oxygens (including phenoxy) is 3. The Labute approximate surface area is 124 Å². The highest BCUT2D eigenvalue weighted by molar-refractivity contribution is 5.89. The summed E-state index contributed by atoms with van der Waals surface area (Å²) in [6.45, 7) is 2.24. The summed E-state index contributed by atoms with van der Waals surface area (Å²) >= 11 is 0. The maximum Gasteiger partial charge on any atom is 0.338 e. The van der Waals surface area contributed by atoms with Gasteiger partial charge in [0.15, 0.2) is 0 Å². The van der Waals surface area contributed by atoms with Crippen molar-refractivity contribution in [1.82, 2.24) is 4.98 Å². The lowest BCUT2D eigenvalue weighted by molar-refractivity contribution is 0.0489. The van der Waals surface area contributed by atoms with E-state index in [2.05, 4.69) is 4.98 Å². The number of methoxy groups -OCH3 is 1. The zero-order valence-electron chi connectivity index (χ0n) is 12.3. The molecule has 0 amide bonds. The Bertz CT molecular complexity index is 507. The maximum absolute atomic E-state index is 11.7. The number of carbonyl (C=O) groups is 1. The highest BCUT2D eigenvalue weighted by Crippen LogP contribution is 2.40. The van der Waals surface area contributed by atoms with Crippen LogP contribution in [0.4, 0.5) is 0 Å². The molecule has 0 aromatic carbocycles. The highest BCUT2D eigenvalue weighted by Gasteiger charge is 2.27. The Balaban J connectivity index is 1.70. The summed E-state index contributed by atoms with van der Waals surface area (Å²) in [4.78, 5) is 16.3. The van der Waals surface area contributed by atoms with E-state index in [1.165, 1.54) is 7.11 Å². The van der Waals surface area contributed by atoms with Crippen molar-refractivity contribution in [3.05, 3.63) is 23.4 Å². The lowest BCUT2D eigenvalue weighted by Gasteiger charge is -2.22. The van der Waals surface area contributed by atoms with Crippen LogP contribution in [0.25, 0.3) is 0 Å². The number of carbonyl (C=O) groups excluding carboxylic acids is 1. The molecule has 2 fully saturated rings. The first-order valence-electron chi connectivity index (χ1n) is 7.57. The zero-order chi connectivity index (χ0) is 14.7. The predicted molar refractivity (Wildman–Crippen MR) is 76.6 cm³/mol. The Kier molecular flexibility index (Phi) is 4.39. The van der Waals surface area contributed by atoms with E-state index in [9.17, 15) is 4.79 Å². The average Bonchev–Trinajstić information content (AvgIpc) is 3.38. The quantitative estimate of drug-likeness (QED) is 0.780. The van der Waals surface area contributed by atoms with Gasteiger partial charge in [0, 0.05) is 30.9 Å². The molecular formula is C16H21NO4. The molecule has 3 rings (SSSR count). The van der Waals surface area contributed by atoms with Crippen LogP contribution in [0.1, 0.15) is 47.7 Å². The first-order chi connectivity index (χ1) is 10.3. The number of rotatable bonds is 5. The summed E-state index contributed by atoms with van der Waals surface area (Å²) in [5.41, 5.74) is 1.47. The third kappa shape index (κ3) is 3.73. The molecule has 5 heteroatoms. The molecule has 1 aliphatic carbocycles. The Morgan fingerprint density at radius 3 is 2.71 bits per heavy atom. The van der Waals surface area contributed by atoms with E-state index in [1.54, 1.807) is 6.07 Å². The van der Waals surface area contributed by atoms with Crippen molar-refractivity contribution in [1.29, 1.82) is 0 Å². The number of pyridine rings is 1. The molecule has 2 heterocycles. The van der Waals surface area contributed by atoms with Gasteiger partial charge >= 0.3 is 5.97 Å². The minimum Gasteiger partial charge on any atom is -0.477 e. The summed E-state index contributed by atoms with van der Waals surface area (Å²) in [5, 5.41) is 0. The second-order valence-electron chi connectivity index (χ2n) is 5.75. The summed E-state index contributed by atoms with van der Waals surface area (Å²) in [5.74, 6) is 1.17. The van der Waals surface area contributed by atoms with Crippen LogP contribution in [-0.2, 0) is 9.47 Å². The van der Waals surface area contributed by atoms with Crippen LogP contribution in [0.15, 0.2) is 12.1 Å². The number of hydrogen-bond acceptors (Lipinski definition) is 5. The number of nitrogens with zero attached hydrogens (tertiary/aromatic N) is 1. The SMILES string of the molecule is COC(=O)c1cc(OCC2CCOCC2)nc(C2CC2)c1. The molecule has 0 unspecified atom stereocenters. The van der Waals surface area contributed by atoms with Gasteiger partial charge in [-0.05, 0) is 37.7 Å². The van der Waals surface area contributed by atoms with Crippen molar-refractivity contribution in [3.8, 4) is 5.88 Å². The molecule has 114 valence electrons. The van der Waals surface area contributed by atoms with E-state index in [1.807, 2.05) is 6.07 Å². The molecule has 5 nitrogen and oxygen atoms in total. The van der Waals surface area contributed by atoms with E-state index < -0.39 is 0 Å². The fraction of sp³-hybridized carbons (Fsp3) is 0.625. The van der Waals surface area contributed by atoms with E-state index in [0.29, 0.717) is 29.9 Å². The van der Waals surface area contributed by atoms with Crippen LogP contribution in [0.5, 0.6) is 5.88 Å². The monoisotopic (exact) mass is 291 g/mol. The third-order valence-corrected chi connectivity index (χ3v) is 4.05. The van der Waals surface area contributed by atoms with Gasteiger partial charge in [0.2, 0.25) is 5.88 Å². The van der Waals surface area contributed by atoms with Gasteiger partial charge < -0.3 is 14.2 Å². The molecule has 1 saturated carbocycles. The van der Waals surface area contributed by atoms with Gasteiger partial charge in [-0.1, -0.05) is 0 Å². The fourth-order valence-electron chi connectivity index (χ4n) is 2.54. The number of hydrogen-bond donors (Lipinski definition) is 0. The molecule has 1 aromatic heterocycles. The van der Waals surface area contributed by atoms with Crippen LogP contribution in [0, 0.1) is 5.92 Å². The van der Waals surface area contributed by atoms with E-state index in [0.717, 1.165) is 44.6 Å². The van der Waals surface area contributed by atoms with Crippen molar-refractivity contribution >= 4 is 5.97 Å². The average molecular weight is 291 g/mol. The van der Waals surface area contributed by atoms with Gasteiger partial charge in [-0.15, -0.1) is 0 Å². The smallest absolute Gasteiger partial charge is 0.338 e. The van der Waals surface area contributed by atoms with E-state index in [4.69, 9.17) is 14.2 Å². The molecule has 0 atom stereocenters. The van der Waals surface area contributed by atoms with Crippen LogP contribution < -0.4 is 4.74 Å². The molecule has 0 bridgehead atoms.